The van der Waals surface area contributed by atoms with Crippen LogP contribution in [0.1, 0.15) is 66.5 Å². The maximum atomic E-state index is 12.6. The van der Waals surface area contributed by atoms with Gasteiger partial charge in [0.05, 0.1) is 14.2 Å². The number of hydrogen-bond donors (Lipinski definition) is 2. The molecule has 0 spiro atoms. The zero-order valence-corrected chi connectivity index (χ0v) is 34.1. The molecule has 0 heterocycles. The fourth-order valence-electron chi connectivity index (χ4n) is 6.97. The topological polar surface area (TPSA) is 121 Å². The van der Waals surface area contributed by atoms with Crippen molar-refractivity contribution >= 4 is 34.2 Å². The van der Waals surface area contributed by atoms with E-state index < -0.39 is 25.2 Å². The van der Waals surface area contributed by atoms with E-state index in [1.165, 1.54) is 0 Å². The first-order valence-electron chi connectivity index (χ1n) is 19.7. The third kappa shape index (κ3) is 10.8. The number of rotatable bonds is 17. The molecule has 0 aliphatic heterocycles. The predicted molar refractivity (Wildman–Crippen MR) is 234 cm³/mol. The van der Waals surface area contributed by atoms with Crippen LogP contribution < -0.4 is 18.9 Å². The van der Waals surface area contributed by atoms with E-state index in [0.717, 1.165) is 86.4 Å². The lowest BCUT2D eigenvalue weighted by Crippen LogP contribution is -2.23. The molecule has 0 aliphatic carbocycles. The molecule has 6 rings (SSSR count). The standard InChI is InChI=1S/C51H48O9/c1-5-7-47(51(36-8-20-40(52)21-9-36)37-10-22-41(53)23-11-37)35-14-30-45(31-15-35)59-33-49(55)60-48(54)32-58-44-28-12-34(13-29-44)46(6-2)50(38-16-24-42(56-3)25-17-38)39-18-26-43(57-4)27-19-39/h8-31,52-53H,5-7,32-33H2,1-4H3. The molecule has 6 aromatic rings. The number of aromatic hydroxyl groups is 2. The number of hydrogen-bond acceptors (Lipinski definition) is 9. The minimum Gasteiger partial charge on any atom is -0.508 e. The van der Waals surface area contributed by atoms with Crippen LogP contribution in [0.3, 0.4) is 0 Å². The van der Waals surface area contributed by atoms with Gasteiger partial charge >= 0.3 is 11.9 Å². The Morgan fingerprint density at radius 2 is 0.750 bits per heavy atom. The van der Waals surface area contributed by atoms with Crippen molar-refractivity contribution in [2.45, 2.75) is 33.1 Å². The van der Waals surface area contributed by atoms with Crippen LogP contribution in [0.15, 0.2) is 146 Å². The lowest BCUT2D eigenvalue weighted by atomic mass is 9.87. The summed E-state index contributed by atoms with van der Waals surface area (Å²) >= 11 is 0. The lowest BCUT2D eigenvalue weighted by Gasteiger charge is -2.18. The summed E-state index contributed by atoms with van der Waals surface area (Å²) in [5.74, 6) is 1.05. The van der Waals surface area contributed by atoms with Crippen LogP contribution in [-0.4, -0.2) is 49.6 Å². The maximum absolute atomic E-state index is 12.6. The van der Waals surface area contributed by atoms with Crippen molar-refractivity contribution in [2.75, 3.05) is 27.4 Å². The summed E-state index contributed by atoms with van der Waals surface area (Å²) in [7, 11) is 3.29. The number of benzene rings is 6. The van der Waals surface area contributed by atoms with Crippen molar-refractivity contribution in [3.8, 4) is 34.5 Å². The third-order valence-electron chi connectivity index (χ3n) is 9.87. The molecule has 0 aliphatic rings. The number of phenolic OH excluding ortho intramolecular Hbond substituents is 2. The number of methoxy groups -OCH3 is 2. The Hall–Kier alpha value is -7.26. The molecule has 0 saturated heterocycles. The van der Waals surface area contributed by atoms with Crippen molar-refractivity contribution in [1.29, 1.82) is 0 Å². The highest BCUT2D eigenvalue weighted by Gasteiger charge is 2.17. The number of phenols is 2. The van der Waals surface area contributed by atoms with Gasteiger partial charge in [-0.25, -0.2) is 9.59 Å². The van der Waals surface area contributed by atoms with E-state index in [1.807, 2.05) is 97.1 Å². The minimum absolute atomic E-state index is 0.168. The Bertz CT molecular complexity index is 2310. The summed E-state index contributed by atoms with van der Waals surface area (Å²) in [5.41, 5.74) is 10.0. The van der Waals surface area contributed by atoms with Gasteiger partial charge in [-0.15, -0.1) is 0 Å². The highest BCUT2D eigenvalue weighted by atomic mass is 16.6. The second-order valence-corrected chi connectivity index (χ2v) is 13.8. The molecule has 0 unspecified atom stereocenters. The number of allylic oxidation sites excluding steroid dienone is 2. The molecule has 0 radical (unpaired) electrons. The molecule has 2 N–H and O–H groups in total. The van der Waals surface area contributed by atoms with E-state index >= 15 is 0 Å². The van der Waals surface area contributed by atoms with E-state index in [9.17, 15) is 19.8 Å². The SMILES string of the molecule is CCCC(=C(c1ccc(O)cc1)c1ccc(O)cc1)c1ccc(OCC(=O)OC(=O)COc2ccc(C(CC)=C(c3ccc(OC)cc3)c3ccc(OC)cc3)cc2)cc1. The minimum atomic E-state index is -0.848. The van der Waals surface area contributed by atoms with Crippen LogP contribution in [0, 0.1) is 0 Å². The maximum Gasteiger partial charge on any atom is 0.351 e. The molecule has 60 heavy (non-hydrogen) atoms. The highest BCUT2D eigenvalue weighted by Crippen LogP contribution is 2.38. The molecule has 0 bridgehead atoms. The average molecular weight is 805 g/mol. The highest BCUT2D eigenvalue weighted by molar-refractivity contribution is 6.00. The van der Waals surface area contributed by atoms with Gasteiger partial charge in [0.15, 0.2) is 13.2 Å². The first-order valence-corrected chi connectivity index (χ1v) is 19.7. The second kappa shape index (κ2) is 20.4. The van der Waals surface area contributed by atoms with Gasteiger partial charge in [0, 0.05) is 0 Å². The van der Waals surface area contributed by atoms with Crippen molar-refractivity contribution in [2.24, 2.45) is 0 Å². The van der Waals surface area contributed by atoms with Gasteiger partial charge in [0.1, 0.15) is 34.5 Å². The Labute approximate surface area is 350 Å². The number of carbonyl (C=O) groups excluding carboxylic acids is 2. The summed E-state index contributed by atoms with van der Waals surface area (Å²) in [5, 5.41) is 19.9. The van der Waals surface area contributed by atoms with Crippen LogP contribution >= 0.6 is 0 Å². The second-order valence-electron chi connectivity index (χ2n) is 13.8. The largest absolute Gasteiger partial charge is 0.508 e. The van der Waals surface area contributed by atoms with Crippen LogP contribution in [-0.2, 0) is 14.3 Å². The molecule has 306 valence electrons. The molecule has 0 aromatic heterocycles. The molecular weight excluding hydrogens is 757 g/mol. The summed E-state index contributed by atoms with van der Waals surface area (Å²) in [6, 6.07) is 44.8. The van der Waals surface area contributed by atoms with Gasteiger partial charge in [-0.2, -0.15) is 0 Å². The quantitative estimate of drug-likeness (QED) is 0.0527. The van der Waals surface area contributed by atoms with Crippen molar-refractivity contribution in [1.82, 2.24) is 0 Å². The van der Waals surface area contributed by atoms with Crippen molar-refractivity contribution in [3.63, 3.8) is 0 Å². The summed E-state index contributed by atoms with van der Waals surface area (Å²) in [4.78, 5) is 25.2. The molecule has 9 nitrogen and oxygen atoms in total. The molecule has 0 fully saturated rings. The molecule has 6 aromatic carbocycles. The zero-order valence-electron chi connectivity index (χ0n) is 34.1. The summed E-state index contributed by atoms with van der Waals surface area (Å²) in [6.45, 7) is 3.27. The smallest absolute Gasteiger partial charge is 0.351 e. The van der Waals surface area contributed by atoms with Crippen LogP contribution in [0.5, 0.6) is 34.5 Å². The molecule has 9 heteroatoms. The van der Waals surface area contributed by atoms with Gasteiger partial charge < -0.3 is 33.9 Å². The van der Waals surface area contributed by atoms with E-state index in [0.29, 0.717) is 11.5 Å². The van der Waals surface area contributed by atoms with Gasteiger partial charge in [-0.05, 0) is 141 Å². The first-order chi connectivity index (χ1) is 29.2. The van der Waals surface area contributed by atoms with Gasteiger partial charge in [0.2, 0.25) is 0 Å². The predicted octanol–water partition coefficient (Wildman–Crippen LogP) is 10.8. The summed E-state index contributed by atoms with van der Waals surface area (Å²) in [6.07, 6.45) is 2.37. The lowest BCUT2D eigenvalue weighted by molar-refractivity contribution is -0.162. The van der Waals surface area contributed by atoms with E-state index in [1.54, 1.807) is 62.8 Å². The molecule has 0 saturated carbocycles. The molecule has 0 atom stereocenters. The Morgan fingerprint density at radius 1 is 0.433 bits per heavy atom. The van der Waals surface area contributed by atoms with Crippen molar-refractivity contribution in [3.05, 3.63) is 179 Å². The van der Waals surface area contributed by atoms with Gasteiger partial charge in [0.25, 0.3) is 0 Å². The van der Waals surface area contributed by atoms with E-state index in [-0.39, 0.29) is 11.5 Å². The fourth-order valence-corrected chi connectivity index (χ4v) is 6.97. The monoisotopic (exact) mass is 804 g/mol. The molecule has 0 amide bonds. The summed E-state index contributed by atoms with van der Waals surface area (Å²) < 4.78 is 27.1. The number of ether oxygens (including phenoxy) is 5. The molecular formula is C51H48O9. The number of carbonyl (C=O) groups is 2. The van der Waals surface area contributed by atoms with E-state index in [4.69, 9.17) is 23.7 Å². The number of esters is 2. The third-order valence-corrected chi connectivity index (χ3v) is 9.87. The van der Waals surface area contributed by atoms with Gasteiger partial charge in [-0.3, -0.25) is 0 Å². The van der Waals surface area contributed by atoms with Crippen LogP contribution in [0.4, 0.5) is 0 Å². The van der Waals surface area contributed by atoms with Gasteiger partial charge in [-0.1, -0.05) is 93.1 Å². The zero-order chi connectivity index (χ0) is 42.4. The van der Waals surface area contributed by atoms with Crippen LogP contribution in [0.25, 0.3) is 22.3 Å². The Balaban J connectivity index is 1.08. The van der Waals surface area contributed by atoms with Crippen molar-refractivity contribution < 1.29 is 43.5 Å². The first kappa shape index (κ1) is 42.3. The van der Waals surface area contributed by atoms with Crippen LogP contribution in [0.2, 0.25) is 0 Å². The normalized spacial score (nSPS) is 10.6. The Kier molecular flexibility index (Phi) is 14.4. The average Bonchev–Trinajstić information content (AvgIpc) is 3.28. The Morgan fingerprint density at radius 3 is 1.10 bits per heavy atom. The van der Waals surface area contributed by atoms with E-state index in [2.05, 4.69) is 13.8 Å². The fraction of sp³-hybridized carbons (Fsp3) is 0.176.